The Morgan fingerprint density at radius 3 is 2.60 bits per heavy atom. The first-order valence-electron chi connectivity index (χ1n) is 8.81. The fourth-order valence-corrected chi connectivity index (χ4v) is 2.99. The van der Waals surface area contributed by atoms with E-state index in [9.17, 15) is 4.79 Å². The van der Waals surface area contributed by atoms with Crippen LogP contribution in [0.25, 0.3) is 0 Å². The molecule has 1 aromatic heterocycles. The molecule has 1 aliphatic heterocycles. The number of anilines is 1. The summed E-state index contributed by atoms with van der Waals surface area (Å²) in [4.78, 5) is 14.4. The first kappa shape index (κ1) is 17.5. The van der Waals surface area contributed by atoms with Gasteiger partial charge < -0.3 is 15.0 Å². The lowest BCUT2D eigenvalue weighted by atomic mass is 10.1. The van der Waals surface area contributed by atoms with Crippen molar-refractivity contribution in [3.8, 4) is 5.75 Å². The number of nitrogens with one attached hydrogen (secondary N) is 1. The van der Waals surface area contributed by atoms with Crippen LogP contribution in [-0.4, -0.2) is 46.8 Å². The van der Waals surface area contributed by atoms with Crippen molar-refractivity contribution in [3.05, 3.63) is 42.2 Å². The van der Waals surface area contributed by atoms with Crippen molar-refractivity contribution in [2.24, 2.45) is 7.05 Å². The largest absolute Gasteiger partial charge is 0.490 e. The number of carbonyl (C=O) groups excluding carboxylic acids is 1. The third-order valence-corrected chi connectivity index (χ3v) is 4.51. The summed E-state index contributed by atoms with van der Waals surface area (Å²) in [6.45, 7) is 2.16. The molecule has 2 aromatic rings. The van der Waals surface area contributed by atoms with Gasteiger partial charge in [0.2, 0.25) is 5.91 Å². The van der Waals surface area contributed by atoms with Gasteiger partial charge in [0.05, 0.1) is 6.20 Å². The average Bonchev–Trinajstić information content (AvgIpc) is 3.02. The first-order chi connectivity index (χ1) is 12.1. The molecule has 3 rings (SSSR count). The minimum atomic E-state index is 0.00726. The number of hydrogen-bond donors (Lipinski definition) is 1. The number of benzene rings is 1. The van der Waals surface area contributed by atoms with Gasteiger partial charge in [0.1, 0.15) is 11.9 Å². The maximum Gasteiger partial charge on any atom is 0.224 e. The Morgan fingerprint density at radius 1 is 1.24 bits per heavy atom. The van der Waals surface area contributed by atoms with E-state index in [4.69, 9.17) is 4.74 Å². The minimum absolute atomic E-state index is 0.00726. The number of likely N-dealkylation sites (tertiary alicyclic amines) is 1. The van der Waals surface area contributed by atoms with E-state index in [2.05, 4.69) is 22.4 Å². The summed E-state index contributed by atoms with van der Waals surface area (Å²) in [6, 6.07) is 7.64. The predicted molar refractivity (Wildman–Crippen MR) is 97.7 cm³/mol. The topological polar surface area (TPSA) is 59.4 Å². The van der Waals surface area contributed by atoms with E-state index >= 15 is 0 Å². The van der Waals surface area contributed by atoms with Gasteiger partial charge in [0, 0.05) is 38.4 Å². The Labute approximate surface area is 148 Å². The number of aryl methyl sites for hydroxylation is 2. The second-order valence-electron chi connectivity index (χ2n) is 6.72. The average molecular weight is 342 g/mol. The molecule has 0 spiro atoms. The van der Waals surface area contributed by atoms with E-state index in [1.807, 2.05) is 37.5 Å². The van der Waals surface area contributed by atoms with Crippen LogP contribution >= 0.6 is 0 Å². The van der Waals surface area contributed by atoms with Crippen LogP contribution in [0.5, 0.6) is 5.75 Å². The molecule has 0 aliphatic carbocycles. The summed E-state index contributed by atoms with van der Waals surface area (Å²) in [5.41, 5.74) is 1.87. The standard InChI is InChI=1S/C19H26N4O2/c1-22-11-9-18(10-12-22)25-17-6-4-16(5-7-17)21-19(24)8-3-15-13-20-23(2)14-15/h4-7,13-14,18H,3,8-12H2,1-2H3,(H,21,24). The quantitative estimate of drug-likeness (QED) is 0.876. The molecule has 6 nitrogen and oxygen atoms in total. The van der Waals surface area contributed by atoms with E-state index in [0.29, 0.717) is 12.8 Å². The van der Waals surface area contributed by atoms with Crippen LogP contribution in [0.15, 0.2) is 36.7 Å². The molecule has 1 amide bonds. The van der Waals surface area contributed by atoms with Crippen LogP contribution in [0.1, 0.15) is 24.8 Å². The van der Waals surface area contributed by atoms with E-state index in [0.717, 1.165) is 42.9 Å². The second-order valence-corrected chi connectivity index (χ2v) is 6.72. The molecule has 0 atom stereocenters. The summed E-state index contributed by atoms with van der Waals surface area (Å²) in [6.07, 6.45) is 7.27. The van der Waals surface area contributed by atoms with Crippen LogP contribution in [-0.2, 0) is 18.3 Å². The number of nitrogens with zero attached hydrogens (tertiary/aromatic N) is 3. The number of ether oxygens (including phenoxy) is 1. The van der Waals surface area contributed by atoms with Gasteiger partial charge in [0.25, 0.3) is 0 Å². The fourth-order valence-electron chi connectivity index (χ4n) is 2.99. The van der Waals surface area contributed by atoms with Crippen LogP contribution in [0.4, 0.5) is 5.69 Å². The zero-order valence-electron chi connectivity index (χ0n) is 14.9. The van der Waals surface area contributed by atoms with Gasteiger partial charge in [-0.15, -0.1) is 0 Å². The lowest BCUT2D eigenvalue weighted by Gasteiger charge is -2.29. The van der Waals surface area contributed by atoms with Crippen LogP contribution in [0.2, 0.25) is 0 Å². The number of aromatic nitrogens is 2. The Balaban J connectivity index is 1.44. The van der Waals surface area contributed by atoms with Gasteiger partial charge >= 0.3 is 0 Å². The van der Waals surface area contributed by atoms with E-state index in [1.54, 1.807) is 10.9 Å². The monoisotopic (exact) mass is 342 g/mol. The maximum absolute atomic E-state index is 12.1. The predicted octanol–water partition coefficient (Wildman–Crippen LogP) is 2.46. The molecule has 2 heterocycles. The molecule has 1 saturated heterocycles. The summed E-state index contributed by atoms with van der Waals surface area (Å²) < 4.78 is 7.77. The van der Waals surface area contributed by atoms with Gasteiger partial charge in [-0.05, 0) is 56.1 Å². The van der Waals surface area contributed by atoms with Gasteiger partial charge in [0.15, 0.2) is 0 Å². The van der Waals surface area contributed by atoms with Crippen molar-refractivity contribution < 1.29 is 9.53 Å². The molecular formula is C19H26N4O2. The molecule has 1 fully saturated rings. The van der Waals surface area contributed by atoms with Crippen molar-refractivity contribution in [2.45, 2.75) is 31.8 Å². The smallest absolute Gasteiger partial charge is 0.224 e. The van der Waals surface area contributed by atoms with Crippen LogP contribution in [0.3, 0.4) is 0 Å². The number of carbonyl (C=O) groups is 1. The second kappa shape index (κ2) is 8.16. The molecule has 1 N–H and O–H groups in total. The lowest BCUT2D eigenvalue weighted by Crippen LogP contribution is -2.35. The van der Waals surface area contributed by atoms with Crippen molar-refractivity contribution in [2.75, 3.05) is 25.5 Å². The van der Waals surface area contributed by atoms with Crippen molar-refractivity contribution in [1.82, 2.24) is 14.7 Å². The first-order valence-corrected chi connectivity index (χ1v) is 8.81. The maximum atomic E-state index is 12.1. The third-order valence-electron chi connectivity index (χ3n) is 4.51. The van der Waals surface area contributed by atoms with Gasteiger partial charge in [-0.3, -0.25) is 9.48 Å². The Morgan fingerprint density at radius 2 is 1.96 bits per heavy atom. The van der Waals surface area contributed by atoms with E-state index in [1.165, 1.54) is 0 Å². The molecule has 1 aliphatic rings. The van der Waals surface area contributed by atoms with Gasteiger partial charge in [-0.2, -0.15) is 5.10 Å². The SMILES string of the molecule is CN1CCC(Oc2ccc(NC(=O)CCc3cnn(C)c3)cc2)CC1. The highest BCUT2D eigenvalue weighted by atomic mass is 16.5. The molecule has 0 bridgehead atoms. The Kier molecular flexibility index (Phi) is 5.71. The Bertz CT molecular complexity index is 688. The number of hydrogen-bond acceptors (Lipinski definition) is 4. The molecule has 134 valence electrons. The normalized spacial score (nSPS) is 15.9. The molecule has 0 radical (unpaired) electrons. The Hall–Kier alpha value is -2.34. The highest BCUT2D eigenvalue weighted by Crippen LogP contribution is 2.21. The highest BCUT2D eigenvalue weighted by Gasteiger charge is 2.17. The lowest BCUT2D eigenvalue weighted by molar-refractivity contribution is -0.116. The summed E-state index contributed by atoms with van der Waals surface area (Å²) >= 11 is 0. The van der Waals surface area contributed by atoms with Crippen molar-refractivity contribution in [1.29, 1.82) is 0 Å². The van der Waals surface area contributed by atoms with Crippen molar-refractivity contribution in [3.63, 3.8) is 0 Å². The minimum Gasteiger partial charge on any atom is -0.490 e. The van der Waals surface area contributed by atoms with Gasteiger partial charge in [-0.25, -0.2) is 0 Å². The van der Waals surface area contributed by atoms with E-state index in [-0.39, 0.29) is 12.0 Å². The zero-order chi connectivity index (χ0) is 17.6. The third kappa shape index (κ3) is 5.32. The van der Waals surface area contributed by atoms with E-state index < -0.39 is 0 Å². The fraction of sp³-hybridized carbons (Fsp3) is 0.474. The molecule has 1 aromatic carbocycles. The number of amides is 1. The summed E-state index contributed by atoms with van der Waals surface area (Å²) in [5, 5.41) is 7.04. The van der Waals surface area contributed by atoms with Crippen LogP contribution in [0, 0.1) is 0 Å². The molecular weight excluding hydrogens is 316 g/mol. The number of rotatable bonds is 6. The summed E-state index contributed by atoms with van der Waals surface area (Å²) in [7, 11) is 4.01. The molecule has 0 unspecified atom stereocenters. The van der Waals surface area contributed by atoms with Gasteiger partial charge in [-0.1, -0.05) is 0 Å². The zero-order valence-corrected chi connectivity index (χ0v) is 14.9. The molecule has 6 heteroatoms. The molecule has 25 heavy (non-hydrogen) atoms. The van der Waals surface area contributed by atoms with Crippen molar-refractivity contribution >= 4 is 11.6 Å². The van der Waals surface area contributed by atoms with Crippen LogP contribution < -0.4 is 10.1 Å². The molecule has 0 saturated carbocycles. The number of piperidine rings is 1. The summed E-state index contributed by atoms with van der Waals surface area (Å²) in [5.74, 6) is 0.871. The highest BCUT2D eigenvalue weighted by molar-refractivity contribution is 5.90.